The van der Waals surface area contributed by atoms with Gasteiger partial charge >= 0.3 is 11.6 Å². The summed E-state index contributed by atoms with van der Waals surface area (Å²) in [5, 5.41) is 0.662. The van der Waals surface area contributed by atoms with E-state index < -0.39 is 21.6 Å². The number of carbonyl (C=O) groups excluding carboxylic acids is 1. The lowest BCUT2D eigenvalue weighted by Crippen LogP contribution is -2.42. The fourth-order valence-electron chi connectivity index (χ4n) is 4.24. The van der Waals surface area contributed by atoms with Crippen molar-refractivity contribution in [3.63, 3.8) is 0 Å². The normalized spacial score (nSPS) is 17.0. The van der Waals surface area contributed by atoms with Gasteiger partial charge in [0.05, 0.1) is 12.7 Å². The standard InChI is InChI=1S/C25H27NO7S/c1-16-7-9-20-19(14-24(27)33-22(20)12-16)15-32-25(28)18-8-10-21(31-3)23(13-18)34(29,30)26-11-5-4-6-17(26)2/h7-10,12-14,17H,4-6,11,15H2,1-3H3. The number of rotatable bonds is 6. The van der Waals surface area contributed by atoms with Gasteiger partial charge < -0.3 is 13.9 Å². The maximum absolute atomic E-state index is 13.4. The summed E-state index contributed by atoms with van der Waals surface area (Å²) in [5.74, 6) is -0.546. The number of hydrogen-bond donors (Lipinski definition) is 0. The molecule has 3 aromatic rings. The SMILES string of the molecule is COc1ccc(C(=O)OCc2cc(=O)oc3cc(C)ccc23)cc1S(=O)(=O)N1CCCCC1C. The van der Waals surface area contributed by atoms with Crippen molar-refractivity contribution in [3.05, 3.63) is 69.6 Å². The van der Waals surface area contributed by atoms with Crippen LogP contribution in [0.4, 0.5) is 0 Å². The van der Waals surface area contributed by atoms with Crippen molar-refractivity contribution in [1.29, 1.82) is 0 Å². The van der Waals surface area contributed by atoms with Gasteiger partial charge in [-0.25, -0.2) is 18.0 Å². The van der Waals surface area contributed by atoms with Crippen LogP contribution in [0.2, 0.25) is 0 Å². The summed E-state index contributed by atoms with van der Waals surface area (Å²) in [6.45, 7) is 4.02. The second kappa shape index (κ2) is 9.60. The number of sulfonamides is 1. The van der Waals surface area contributed by atoms with Crippen LogP contribution in [0.15, 0.2) is 56.6 Å². The zero-order valence-electron chi connectivity index (χ0n) is 19.4. The number of esters is 1. The Hall–Kier alpha value is -3.17. The fourth-order valence-corrected chi connectivity index (χ4v) is 6.13. The van der Waals surface area contributed by atoms with Crippen LogP contribution in [-0.2, 0) is 21.4 Å². The number of ether oxygens (including phenoxy) is 2. The molecule has 9 heteroatoms. The molecule has 4 rings (SSSR count). The van der Waals surface area contributed by atoms with Crippen LogP contribution >= 0.6 is 0 Å². The highest BCUT2D eigenvalue weighted by Crippen LogP contribution is 2.32. The van der Waals surface area contributed by atoms with Crippen molar-refractivity contribution >= 4 is 27.0 Å². The highest BCUT2D eigenvalue weighted by Gasteiger charge is 2.33. The quantitative estimate of drug-likeness (QED) is 0.384. The Balaban J connectivity index is 1.61. The summed E-state index contributed by atoms with van der Waals surface area (Å²) in [6.07, 6.45) is 2.54. The Kier molecular flexibility index (Phi) is 6.77. The van der Waals surface area contributed by atoms with E-state index in [0.717, 1.165) is 24.8 Å². The first-order valence-electron chi connectivity index (χ1n) is 11.1. The molecule has 0 N–H and O–H groups in total. The number of nitrogens with zero attached hydrogens (tertiary/aromatic N) is 1. The smallest absolute Gasteiger partial charge is 0.338 e. The second-order valence-electron chi connectivity index (χ2n) is 8.49. The van der Waals surface area contributed by atoms with Crippen molar-refractivity contribution in [2.75, 3.05) is 13.7 Å². The molecular formula is C25H27NO7S. The van der Waals surface area contributed by atoms with E-state index >= 15 is 0 Å². The maximum Gasteiger partial charge on any atom is 0.338 e. The maximum atomic E-state index is 13.4. The van der Waals surface area contributed by atoms with Crippen LogP contribution in [0.5, 0.6) is 5.75 Å². The summed E-state index contributed by atoms with van der Waals surface area (Å²) in [4.78, 5) is 24.7. The van der Waals surface area contributed by atoms with Gasteiger partial charge in [-0.3, -0.25) is 0 Å². The molecule has 1 aliphatic rings. The molecule has 1 aliphatic heterocycles. The average Bonchev–Trinajstić information content (AvgIpc) is 2.81. The lowest BCUT2D eigenvalue weighted by Gasteiger charge is -2.32. The number of methoxy groups -OCH3 is 1. The third kappa shape index (κ3) is 4.71. The summed E-state index contributed by atoms with van der Waals surface area (Å²) in [7, 11) is -2.48. The molecule has 0 saturated carbocycles. The molecule has 0 spiro atoms. The number of aryl methyl sites for hydroxylation is 1. The van der Waals surface area contributed by atoms with E-state index in [1.807, 2.05) is 19.9 Å². The molecule has 1 unspecified atom stereocenters. The van der Waals surface area contributed by atoms with Gasteiger partial charge in [0.1, 0.15) is 22.8 Å². The summed E-state index contributed by atoms with van der Waals surface area (Å²) >= 11 is 0. The van der Waals surface area contributed by atoms with Gasteiger partial charge in [-0.1, -0.05) is 18.6 Å². The second-order valence-corrected chi connectivity index (χ2v) is 10.4. The molecule has 8 nitrogen and oxygen atoms in total. The Morgan fingerprint density at radius 2 is 1.94 bits per heavy atom. The van der Waals surface area contributed by atoms with E-state index in [9.17, 15) is 18.0 Å². The Morgan fingerprint density at radius 1 is 1.15 bits per heavy atom. The molecule has 1 aromatic heterocycles. The van der Waals surface area contributed by atoms with Crippen LogP contribution in [0.25, 0.3) is 11.0 Å². The number of fused-ring (bicyclic) bond motifs is 1. The molecule has 0 amide bonds. The number of carbonyl (C=O) groups is 1. The van der Waals surface area contributed by atoms with Crippen molar-refractivity contribution in [2.45, 2.75) is 50.7 Å². The fraction of sp³-hybridized carbons (Fsp3) is 0.360. The lowest BCUT2D eigenvalue weighted by atomic mass is 10.1. The van der Waals surface area contributed by atoms with E-state index in [1.165, 1.54) is 35.7 Å². The monoisotopic (exact) mass is 485 g/mol. The first-order valence-corrected chi connectivity index (χ1v) is 12.5. The van der Waals surface area contributed by atoms with Crippen LogP contribution in [0, 0.1) is 6.92 Å². The van der Waals surface area contributed by atoms with Gasteiger partial charge in [0.2, 0.25) is 10.0 Å². The van der Waals surface area contributed by atoms with Gasteiger partial charge in [-0.15, -0.1) is 0 Å². The number of hydrogen-bond acceptors (Lipinski definition) is 7. The van der Waals surface area contributed by atoms with Crippen LogP contribution < -0.4 is 10.4 Å². The zero-order valence-corrected chi connectivity index (χ0v) is 20.2. The highest BCUT2D eigenvalue weighted by molar-refractivity contribution is 7.89. The van der Waals surface area contributed by atoms with Crippen molar-refractivity contribution in [1.82, 2.24) is 4.31 Å². The topological polar surface area (TPSA) is 103 Å². The van der Waals surface area contributed by atoms with Gasteiger partial charge in [0.25, 0.3) is 0 Å². The van der Waals surface area contributed by atoms with E-state index in [2.05, 4.69) is 0 Å². The molecule has 0 aliphatic carbocycles. The minimum atomic E-state index is -3.87. The van der Waals surface area contributed by atoms with E-state index in [1.54, 1.807) is 12.1 Å². The Bertz CT molecular complexity index is 1390. The first kappa shape index (κ1) is 24.0. The molecule has 34 heavy (non-hydrogen) atoms. The number of benzene rings is 2. The largest absolute Gasteiger partial charge is 0.495 e. The Morgan fingerprint density at radius 3 is 2.68 bits per heavy atom. The number of piperidine rings is 1. The summed E-state index contributed by atoms with van der Waals surface area (Å²) in [5.41, 5.74) is 1.37. The minimum absolute atomic E-state index is 0.0699. The molecule has 0 radical (unpaired) electrons. The van der Waals surface area contributed by atoms with E-state index in [4.69, 9.17) is 13.9 Å². The van der Waals surface area contributed by atoms with Gasteiger partial charge in [-0.2, -0.15) is 4.31 Å². The van der Waals surface area contributed by atoms with Gasteiger partial charge in [0, 0.05) is 29.6 Å². The van der Waals surface area contributed by atoms with E-state index in [-0.39, 0.29) is 28.9 Å². The molecule has 1 fully saturated rings. The van der Waals surface area contributed by atoms with E-state index in [0.29, 0.717) is 23.1 Å². The lowest BCUT2D eigenvalue weighted by molar-refractivity contribution is 0.0473. The van der Waals surface area contributed by atoms with Crippen molar-refractivity contribution in [2.24, 2.45) is 0 Å². The van der Waals surface area contributed by atoms with Crippen LogP contribution in [0.3, 0.4) is 0 Å². The van der Waals surface area contributed by atoms with Gasteiger partial charge in [-0.05, 0) is 56.5 Å². The highest BCUT2D eigenvalue weighted by atomic mass is 32.2. The molecular weight excluding hydrogens is 458 g/mol. The average molecular weight is 486 g/mol. The van der Waals surface area contributed by atoms with Crippen molar-refractivity contribution in [3.8, 4) is 5.75 Å². The zero-order chi connectivity index (χ0) is 24.5. The predicted molar refractivity (Wildman–Crippen MR) is 127 cm³/mol. The predicted octanol–water partition coefficient (Wildman–Crippen LogP) is 4.03. The summed E-state index contributed by atoms with van der Waals surface area (Å²) in [6, 6.07) is 10.8. The molecule has 2 aromatic carbocycles. The molecule has 1 atom stereocenters. The first-order chi connectivity index (χ1) is 16.2. The third-order valence-electron chi connectivity index (χ3n) is 6.07. The summed E-state index contributed by atoms with van der Waals surface area (Å²) < 4.78 is 44.2. The Labute approximate surface area is 198 Å². The van der Waals surface area contributed by atoms with Gasteiger partial charge in [0.15, 0.2) is 0 Å². The van der Waals surface area contributed by atoms with Crippen LogP contribution in [-0.4, -0.2) is 38.4 Å². The molecule has 0 bridgehead atoms. The molecule has 180 valence electrons. The van der Waals surface area contributed by atoms with Crippen LogP contribution in [0.1, 0.15) is 47.7 Å². The minimum Gasteiger partial charge on any atom is -0.495 e. The van der Waals surface area contributed by atoms with Crippen molar-refractivity contribution < 1.29 is 27.1 Å². The molecule has 2 heterocycles. The third-order valence-corrected chi connectivity index (χ3v) is 8.11. The molecule has 1 saturated heterocycles.